The van der Waals surface area contributed by atoms with E-state index in [2.05, 4.69) is 15.3 Å². The van der Waals surface area contributed by atoms with Crippen LogP contribution in [-0.2, 0) is 0 Å². The maximum Gasteiger partial charge on any atom is 0.321 e. The van der Waals surface area contributed by atoms with Gasteiger partial charge in [0.25, 0.3) is 0 Å². The van der Waals surface area contributed by atoms with E-state index in [1.807, 2.05) is 35.2 Å². The van der Waals surface area contributed by atoms with E-state index >= 15 is 0 Å². The summed E-state index contributed by atoms with van der Waals surface area (Å²) in [5.74, 6) is 1.64. The Balaban J connectivity index is 1.37. The van der Waals surface area contributed by atoms with E-state index in [1.54, 1.807) is 19.1 Å². The minimum Gasteiger partial charge on any atom is -0.493 e. The molecule has 37 heavy (non-hydrogen) atoms. The molecular weight excluding hydrogens is 477 g/mol. The summed E-state index contributed by atoms with van der Waals surface area (Å²) in [6.07, 6.45) is 0. The van der Waals surface area contributed by atoms with E-state index in [4.69, 9.17) is 20.2 Å². The number of halogens is 1. The number of nitrogens with zero attached hydrogens (tertiary/aromatic N) is 5. The van der Waals surface area contributed by atoms with Gasteiger partial charge in [0.05, 0.1) is 25.4 Å². The number of urea groups is 1. The maximum atomic E-state index is 13.1. The highest BCUT2D eigenvalue weighted by atomic mass is 19.1. The molecule has 1 fully saturated rings. The Morgan fingerprint density at radius 3 is 2.35 bits per heavy atom. The van der Waals surface area contributed by atoms with E-state index in [0.717, 1.165) is 11.3 Å². The van der Waals surface area contributed by atoms with Gasteiger partial charge < -0.3 is 30.3 Å². The van der Waals surface area contributed by atoms with Gasteiger partial charge in [0.2, 0.25) is 5.95 Å². The summed E-state index contributed by atoms with van der Waals surface area (Å²) in [5, 5.41) is 2.80. The third-order valence-electron chi connectivity index (χ3n) is 6.18. The number of hydrogen-bond acceptors (Lipinski definition) is 8. The highest BCUT2D eigenvalue weighted by Crippen LogP contribution is 2.33. The number of piperazine rings is 1. The number of benzene rings is 2. The number of carbonyl (C=O) groups excluding carboxylic acids is 1. The summed E-state index contributed by atoms with van der Waals surface area (Å²) in [6.45, 7) is 2.00. The van der Waals surface area contributed by atoms with E-state index < -0.39 is 0 Å². The van der Waals surface area contributed by atoms with E-state index in [-0.39, 0.29) is 17.8 Å². The Morgan fingerprint density at radius 2 is 1.65 bits per heavy atom. The predicted molar refractivity (Wildman–Crippen MR) is 139 cm³/mol. The first-order valence-corrected chi connectivity index (χ1v) is 11.7. The van der Waals surface area contributed by atoms with Crippen molar-refractivity contribution in [2.45, 2.75) is 0 Å². The fourth-order valence-corrected chi connectivity index (χ4v) is 4.25. The molecule has 2 aromatic heterocycles. The highest BCUT2D eigenvalue weighted by Gasteiger charge is 2.24. The lowest BCUT2D eigenvalue weighted by Gasteiger charge is -2.35. The molecule has 0 atom stereocenters. The van der Waals surface area contributed by atoms with Crippen molar-refractivity contribution in [2.24, 2.45) is 0 Å². The van der Waals surface area contributed by atoms with Crippen LogP contribution < -0.4 is 25.4 Å². The minimum atomic E-state index is -0.356. The molecule has 1 saturated heterocycles. The molecule has 0 aliphatic carbocycles. The Bertz CT molecular complexity index is 1440. The largest absolute Gasteiger partial charge is 0.493 e. The lowest BCUT2D eigenvalue weighted by Crippen LogP contribution is -2.50. The van der Waals surface area contributed by atoms with Crippen LogP contribution in [0.2, 0.25) is 0 Å². The molecule has 4 aromatic rings. The van der Waals surface area contributed by atoms with E-state index in [0.29, 0.717) is 60.2 Å². The Morgan fingerprint density at radius 1 is 0.919 bits per heavy atom. The smallest absolute Gasteiger partial charge is 0.321 e. The van der Waals surface area contributed by atoms with Crippen LogP contribution in [0.25, 0.3) is 22.3 Å². The highest BCUT2D eigenvalue weighted by molar-refractivity contribution is 5.90. The molecule has 0 unspecified atom stereocenters. The van der Waals surface area contributed by atoms with Crippen molar-refractivity contribution in [1.29, 1.82) is 0 Å². The number of nitrogens with one attached hydrogen (secondary N) is 1. The SMILES string of the molecule is COc1ccc(-c2ccc3nc(N)nc(N4CCN(C(=O)Nc5ccc(F)cc5)CC4)c3n2)cc1OC. The molecule has 1 aliphatic rings. The first-order valence-electron chi connectivity index (χ1n) is 11.7. The molecule has 2 aromatic carbocycles. The van der Waals surface area contributed by atoms with Gasteiger partial charge in [-0.15, -0.1) is 0 Å². The summed E-state index contributed by atoms with van der Waals surface area (Å²) in [4.78, 5) is 30.2. The van der Waals surface area contributed by atoms with E-state index in [9.17, 15) is 9.18 Å². The standard InChI is InChI=1S/C26H26FN7O3/c1-36-21-10-3-16(15-22(21)37-2)19-8-9-20-23(30-19)24(32-25(28)31-20)33-11-13-34(14-12-33)26(35)29-18-6-4-17(27)5-7-18/h3-10,15H,11-14H2,1-2H3,(H,29,35)(H2,28,31,32). The summed E-state index contributed by atoms with van der Waals surface area (Å²) >= 11 is 0. The number of anilines is 3. The number of amides is 2. The molecule has 5 rings (SSSR count). The van der Waals surface area contributed by atoms with Crippen LogP contribution in [0.5, 0.6) is 11.5 Å². The molecule has 3 heterocycles. The third kappa shape index (κ3) is 5.01. The van der Waals surface area contributed by atoms with Crippen molar-refractivity contribution in [2.75, 3.05) is 56.3 Å². The number of methoxy groups -OCH3 is 2. The Kier molecular flexibility index (Phi) is 6.59. The van der Waals surface area contributed by atoms with Crippen molar-refractivity contribution in [1.82, 2.24) is 19.9 Å². The van der Waals surface area contributed by atoms with Gasteiger partial charge in [0, 0.05) is 37.4 Å². The number of carbonyl (C=O) groups is 1. The molecule has 0 spiro atoms. The van der Waals surface area contributed by atoms with Gasteiger partial charge in [-0.05, 0) is 54.6 Å². The van der Waals surface area contributed by atoms with Crippen LogP contribution in [0.3, 0.4) is 0 Å². The zero-order chi connectivity index (χ0) is 25.9. The molecule has 11 heteroatoms. The first-order chi connectivity index (χ1) is 17.9. The number of nitrogen functional groups attached to an aromatic ring is 1. The number of hydrogen-bond donors (Lipinski definition) is 2. The van der Waals surface area contributed by atoms with Crippen molar-refractivity contribution in [3.63, 3.8) is 0 Å². The lowest BCUT2D eigenvalue weighted by molar-refractivity contribution is 0.208. The summed E-state index contributed by atoms with van der Waals surface area (Å²) in [7, 11) is 3.18. The van der Waals surface area contributed by atoms with Gasteiger partial charge in [0.15, 0.2) is 17.3 Å². The van der Waals surface area contributed by atoms with Gasteiger partial charge in [-0.1, -0.05) is 0 Å². The number of pyridine rings is 1. The molecule has 0 saturated carbocycles. The second-order valence-corrected chi connectivity index (χ2v) is 8.45. The van der Waals surface area contributed by atoms with Crippen LogP contribution >= 0.6 is 0 Å². The number of ether oxygens (including phenoxy) is 2. The van der Waals surface area contributed by atoms with E-state index in [1.165, 1.54) is 24.3 Å². The quantitative estimate of drug-likeness (QED) is 0.422. The van der Waals surface area contributed by atoms with Gasteiger partial charge in [0.1, 0.15) is 11.3 Å². The molecule has 10 nitrogen and oxygen atoms in total. The first kappa shape index (κ1) is 24.0. The minimum absolute atomic E-state index is 0.152. The average molecular weight is 504 g/mol. The fourth-order valence-electron chi connectivity index (χ4n) is 4.25. The van der Waals surface area contributed by atoms with Crippen LogP contribution in [-0.4, -0.2) is 66.3 Å². The van der Waals surface area contributed by atoms with Crippen molar-refractivity contribution in [3.05, 3.63) is 60.4 Å². The molecule has 3 N–H and O–H groups in total. The van der Waals surface area contributed by atoms with Gasteiger partial charge in [-0.25, -0.2) is 19.2 Å². The van der Waals surface area contributed by atoms with Crippen molar-refractivity contribution in [3.8, 4) is 22.8 Å². The topological polar surface area (TPSA) is 119 Å². The molecule has 2 amide bonds. The predicted octanol–water partition coefficient (Wildman–Crippen LogP) is 3.78. The average Bonchev–Trinajstić information content (AvgIpc) is 2.93. The number of nitrogens with two attached hydrogens (primary N) is 1. The zero-order valence-corrected chi connectivity index (χ0v) is 20.4. The van der Waals surface area contributed by atoms with Gasteiger partial charge in [-0.2, -0.15) is 4.98 Å². The van der Waals surface area contributed by atoms with Crippen LogP contribution in [0.4, 0.5) is 26.6 Å². The summed E-state index contributed by atoms with van der Waals surface area (Å²) < 4.78 is 23.9. The molecule has 0 bridgehead atoms. The maximum absolute atomic E-state index is 13.1. The fraction of sp³-hybridized carbons (Fsp3) is 0.231. The van der Waals surface area contributed by atoms with Crippen molar-refractivity contribution < 1.29 is 18.7 Å². The normalized spacial score (nSPS) is 13.5. The second-order valence-electron chi connectivity index (χ2n) is 8.45. The number of rotatable bonds is 5. The molecular formula is C26H26FN7O3. The third-order valence-corrected chi connectivity index (χ3v) is 6.18. The molecule has 1 aliphatic heterocycles. The summed E-state index contributed by atoms with van der Waals surface area (Å²) in [6, 6.07) is 14.8. The monoisotopic (exact) mass is 503 g/mol. The lowest BCUT2D eigenvalue weighted by atomic mass is 10.1. The second kappa shape index (κ2) is 10.1. The van der Waals surface area contributed by atoms with Crippen LogP contribution in [0.1, 0.15) is 0 Å². The Labute approximate surface area is 212 Å². The Hall–Kier alpha value is -4.67. The molecule has 0 radical (unpaired) electrons. The van der Waals surface area contributed by atoms with Gasteiger partial charge >= 0.3 is 6.03 Å². The molecule has 190 valence electrons. The number of aromatic nitrogens is 3. The number of fused-ring (bicyclic) bond motifs is 1. The summed E-state index contributed by atoms with van der Waals surface area (Å²) in [5.41, 5.74) is 9.37. The van der Waals surface area contributed by atoms with Crippen LogP contribution in [0.15, 0.2) is 54.6 Å². The van der Waals surface area contributed by atoms with Gasteiger partial charge in [-0.3, -0.25) is 0 Å². The zero-order valence-electron chi connectivity index (χ0n) is 20.4. The van der Waals surface area contributed by atoms with Crippen LogP contribution in [0, 0.1) is 5.82 Å². The van der Waals surface area contributed by atoms with Crippen molar-refractivity contribution >= 4 is 34.5 Å².